The molecule has 0 unspecified atom stereocenters. The second-order valence-corrected chi connectivity index (χ2v) is 3.39. The summed E-state index contributed by atoms with van der Waals surface area (Å²) in [5, 5.41) is 19.2. The minimum atomic E-state index is -2.34. The van der Waals surface area contributed by atoms with E-state index in [-0.39, 0.29) is 10.7 Å². The number of nitro groups is 1. The van der Waals surface area contributed by atoms with Gasteiger partial charge in [0.05, 0.1) is 4.92 Å². The molecule has 8 nitrogen and oxygen atoms in total. The zero-order valence-corrected chi connectivity index (χ0v) is 9.03. The van der Waals surface area contributed by atoms with Gasteiger partial charge in [0.1, 0.15) is 0 Å². The molecule has 0 spiro atoms. The molecule has 9 heteroatoms. The summed E-state index contributed by atoms with van der Waals surface area (Å²) in [4.78, 5) is 9.34. The third kappa shape index (κ3) is 4.30. The third-order valence-electron chi connectivity index (χ3n) is 1.45. The fourth-order valence-electron chi connectivity index (χ4n) is 0.771. The first-order valence-corrected chi connectivity index (χ1v) is 5.21. The molecule has 1 heterocycles. The largest absolute Gasteiger partial charge is 0.348 e. The van der Waals surface area contributed by atoms with Crippen LogP contribution in [0.4, 0.5) is 5.69 Å². The van der Waals surface area contributed by atoms with E-state index in [1.54, 1.807) is 18.2 Å². The second kappa shape index (κ2) is 6.23. The van der Waals surface area contributed by atoms with Gasteiger partial charge in [-0.1, -0.05) is 23.4 Å². The minimum Gasteiger partial charge on any atom is -0.348 e. The number of para-hydroxylation sites is 1. The lowest BCUT2D eigenvalue weighted by Gasteiger charge is -1.85. The summed E-state index contributed by atoms with van der Waals surface area (Å²) >= 11 is 0. The molecule has 1 aliphatic heterocycles. The standard InChI is InChI=1S/C6H5NO2.C2N3O2S/c8-7(9)6-4-2-1-3-5-6;6-8(7)2-1-3-5-4-2/h1-5H;/q;-1. The van der Waals surface area contributed by atoms with Crippen LogP contribution < -0.4 is 0 Å². The Kier molecular flexibility index (Phi) is 4.63. The quantitative estimate of drug-likeness (QED) is 0.320. The van der Waals surface area contributed by atoms with Crippen LogP contribution in [0.5, 0.6) is 0 Å². The Bertz CT molecular complexity index is 569. The number of benzene rings is 1. The summed E-state index contributed by atoms with van der Waals surface area (Å²) in [6, 6.07) is 7.93. The van der Waals surface area contributed by atoms with Gasteiger partial charge in [0.15, 0.2) is 0 Å². The third-order valence-corrected chi connectivity index (χ3v) is 1.94. The molecule has 0 N–H and O–H groups in total. The maximum atomic E-state index is 10.0. The molecule has 0 atom stereocenters. The van der Waals surface area contributed by atoms with Gasteiger partial charge in [-0.2, -0.15) is 13.5 Å². The molecule has 0 fully saturated rings. The summed E-state index contributed by atoms with van der Waals surface area (Å²) in [7, 11) is -2.34. The van der Waals surface area contributed by atoms with Crippen LogP contribution in [0, 0.1) is 10.1 Å². The molecule has 0 radical (unpaired) electrons. The van der Waals surface area contributed by atoms with Crippen molar-refractivity contribution in [1.29, 1.82) is 0 Å². The lowest BCUT2D eigenvalue weighted by molar-refractivity contribution is -0.384. The van der Waals surface area contributed by atoms with Gasteiger partial charge < -0.3 is 5.10 Å². The zero-order valence-electron chi connectivity index (χ0n) is 8.22. The first-order valence-electron chi connectivity index (χ1n) is 4.13. The minimum absolute atomic E-state index is 0.137. The van der Waals surface area contributed by atoms with Crippen molar-refractivity contribution in [3.8, 4) is 0 Å². The maximum absolute atomic E-state index is 10.0. The summed E-state index contributed by atoms with van der Waals surface area (Å²) in [5.74, 6) is 0. The Morgan fingerprint density at radius 3 is 2.18 bits per heavy atom. The van der Waals surface area contributed by atoms with Gasteiger partial charge in [0, 0.05) is 17.1 Å². The van der Waals surface area contributed by atoms with Gasteiger partial charge in [0.2, 0.25) is 10.3 Å². The summed E-state index contributed by atoms with van der Waals surface area (Å²) < 4.78 is 19.8. The second-order valence-electron chi connectivity index (χ2n) is 2.53. The topological polar surface area (TPSA) is 114 Å². The molecular weight excluding hydrogens is 248 g/mol. The molecular formula is C8H5N4O4S-. The van der Waals surface area contributed by atoms with Gasteiger partial charge in [-0.25, -0.2) is 0 Å². The average Bonchev–Trinajstić information content (AvgIpc) is 2.84. The van der Waals surface area contributed by atoms with Crippen molar-refractivity contribution in [3.63, 3.8) is 0 Å². The van der Waals surface area contributed by atoms with E-state index < -0.39 is 15.2 Å². The van der Waals surface area contributed by atoms with E-state index in [9.17, 15) is 18.5 Å². The Labute approximate surface area is 97.0 Å². The van der Waals surface area contributed by atoms with E-state index in [0.29, 0.717) is 0 Å². The van der Waals surface area contributed by atoms with Crippen molar-refractivity contribution in [1.82, 2.24) is 0 Å². The van der Waals surface area contributed by atoms with Crippen LogP contribution in [0.1, 0.15) is 0 Å². The number of nitro benzene ring substituents is 1. The highest BCUT2D eigenvalue weighted by molar-refractivity contribution is 7.74. The molecule has 1 aromatic carbocycles. The molecule has 88 valence electrons. The lowest BCUT2D eigenvalue weighted by Crippen LogP contribution is -1.89. The monoisotopic (exact) mass is 253 g/mol. The summed E-state index contributed by atoms with van der Waals surface area (Å²) in [6.45, 7) is 0. The van der Waals surface area contributed by atoms with Crippen LogP contribution in [0.25, 0.3) is 0 Å². The highest BCUT2D eigenvalue weighted by Crippen LogP contribution is 2.06. The average molecular weight is 253 g/mol. The Balaban J connectivity index is 0.000000171. The van der Waals surface area contributed by atoms with Gasteiger partial charge in [-0.15, -0.1) is 0 Å². The Hall–Kier alpha value is -2.42. The highest BCUT2D eigenvalue weighted by Gasteiger charge is 1.98. The number of rotatable bonds is 1. The molecule has 0 bridgehead atoms. The van der Waals surface area contributed by atoms with E-state index in [4.69, 9.17) is 0 Å². The predicted octanol–water partition coefficient (Wildman–Crippen LogP) is 0.919. The van der Waals surface area contributed by atoms with Crippen molar-refractivity contribution in [2.24, 2.45) is 15.4 Å². The molecule has 0 aromatic heterocycles. The molecule has 0 aliphatic carbocycles. The van der Waals surface area contributed by atoms with E-state index in [1.165, 1.54) is 12.1 Å². The number of hydrogen-bond donors (Lipinski definition) is 0. The zero-order chi connectivity index (χ0) is 12.7. The Morgan fingerprint density at radius 1 is 1.24 bits per heavy atom. The van der Waals surface area contributed by atoms with Crippen LogP contribution in [0.2, 0.25) is 0 Å². The molecule has 1 aromatic rings. The maximum Gasteiger partial charge on any atom is 0.269 e. The fraction of sp³-hybridized carbons (Fsp3) is 0. The molecule has 0 amide bonds. The van der Waals surface area contributed by atoms with Crippen molar-refractivity contribution in [2.45, 2.75) is 0 Å². The van der Waals surface area contributed by atoms with Gasteiger partial charge in [-0.3, -0.25) is 16.3 Å². The van der Waals surface area contributed by atoms with Gasteiger partial charge in [0.25, 0.3) is 5.69 Å². The molecule has 0 saturated heterocycles. The van der Waals surface area contributed by atoms with Crippen LogP contribution in [-0.2, 0) is 10.3 Å². The van der Waals surface area contributed by atoms with Crippen LogP contribution >= 0.6 is 0 Å². The van der Waals surface area contributed by atoms with Crippen LogP contribution in [0.15, 0.2) is 45.8 Å². The predicted molar refractivity (Wildman–Crippen MR) is 59.3 cm³/mol. The fourth-order valence-corrected chi connectivity index (χ4v) is 0.989. The molecule has 1 aliphatic rings. The van der Waals surface area contributed by atoms with E-state index in [2.05, 4.69) is 21.7 Å². The lowest BCUT2D eigenvalue weighted by atomic mass is 10.3. The summed E-state index contributed by atoms with van der Waals surface area (Å²) in [5.41, 5.74) is 0.137. The number of non-ortho nitro benzene ring substituents is 1. The molecule has 2 rings (SSSR count). The normalized spacial score (nSPS) is 11.9. The summed E-state index contributed by atoms with van der Waals surface area (Å²) in [6.07, 6.45) is 2.05. The smallest absolute Gasteiger partial charge is 0.269 e. The van der Waals surface area contributed by atoms with E-state index >= 15 is 0 Å². The van der Waals surface area contributed by atoms with Crippen molar-refractivity contribution in [2.75, 3.05) is 0 Å². The van der Waals surface area contributed by atoms with Gasteiger partial charge in [-0.05, 0) is 0 Å². The molecule has 17 heavy (non-hydrogen) atoms. The van der Waals surface area contributed by atoms with Gasteiger partial charge >= 0.3 is 0 Å². The molecule has 0 saturated carbocycles. The van der Waals surface area contributed by atoms with Crippen molar-refractivity contribution >= 4 is 27.2 Å². The number of hydrogen-bond acceptors (Lipinski definition) is 6. The van der Waals surface area contributed by atoms with Crippen LogP contribution in [-0.4, -0.2) is 24.5 Å². The highest BCUT2D eigenvalue weighted by atomic mass is 32.2. The first kappa shape index (κ1) is 12.6. The van der Waals surface area contributed by atoms with E-state index in [1.807, 2.05) is 0 Å². The Morgan fingerprint density at radius 2 is 1.88 bits per heavy atom. The van der Waals surface area contributed by atoms with Crippen molar-refractivity contribution < 1.29 is 13.3 Å². The van der Waals surface area contributed by atoms with Crippen LogP contribution in [0.3, 0.4) is 0 Å². The SMILES string of the molecule is O=S(=O)=C1[C-]=NN=N1.O=[N+]([O-])c1ccccc1. The first-order chi connectivity index (χ1) is 8.11. The van der Waals surface area contributed by atoms with Crippen molar-refractivity contribution in [3.05, 3.63) is 40.4 Å². The number of nitrogens with zero attached hydrogens (tertiary/aromatic N) is 4. The van der Waals surface area contributed by atoms with E-state index in [0.717, 1.165) is 0 Å².